The molecule has 3 aliphatic heterocycles. The molecule has 0 saturated carbocycles. The third kappa shape index (κ3) is 5.19. The first-order valence-corrected chi connectivity index (χ1v) is 15.9. The molecule has 0 aliphatic carbocycles. The zero-order valence-corrected chi connectivity index (χ0v) is 23.6. The SMILES string of the molecule is CC(C)OC(=O)N1CC2CO[I-]C(C1)C2Oc1ncnc(N2CCc3cc(S(C)(=O)=O)ccc32)c1C#N. The fraction of sp³-hybridized carbons (Fsp3) is 0.500. The number of likely N-dealkylation sites (tertiary alicyclic amines) is 1. The Morgan fingerprint density at radius 3 is 2.81 bits per heavy atom. The fourth-order valence-corrected chi connectivity index (χ4v) is 8.26. The van der Waals surface area contributed by atoms with Gasteiger partial charge in [-0.15, -0.1) is 0 Å². The number of carbonyl (C=O) groups is 1. The van der Waals surface area contributed by atoms with Gasteiger partial charge in [-0.2, -0.15) is 0 Å². The zero-order valence-electron chi connectivity index (χ0n) is 20.6. The summed E-state index contributed by atoms with van der Waals surface area (Å²) >= 11 is -0.680. The first kappa shape index (κ1) is 25.9. The van der Waals surface area contributed by atoms with Gasteiger partial charge in [-0.1, -0.05) is 0 Å². The number of amides is 1. The van der Waals surface area contributed by atoms with Crippen molar-refractivity contribution in [3.63, 3.8) is 0 Å². The predicted molar refractivity (Wildman–Crippen MR) is 128 cm³/mol. The van der Waals surface area contributed by atoms with Crippen LogP contribution < -0.4 is 31.3 Å². The van der Waals surface area contributed by atoms with Crippen LogP contribution in [0.15, 0.2) is 29.4 Å². The molecule has 2 aromatic rings. The number of hydrogen-bond donors (Lipinski definition) is 0. The van der Waals surface area contributed by atoms with Crippen LogP contribution in [0.5, 0.6) is 5.88 Å². The van der Waals surface area contributed by atoms with Crippen molar-refractivity contribution in [1.29, 1.82) is 5.26 Å². The Morgan fingerprint density at radius 2 is 2.11 bits per heavy atom. The van der Waals surface area contributed by atoms with E-state index in [2.05, 4.69) is 16.0 Å². The van der Waals surface area contributed by atoms with E-state index in [1.54, 1.807) is 23.1 Å². The molecule has 13 heteroatoms. The Bertz CT molecular complexity index is 1350. The van der Waals surface area contributed by atoms with Crippen molar-refractivity contribution in [2.24, 2.45) is 5.92 Å². The molecule has 0 spiro atoms. The number of hydrogen-bond acceptors (Lipinski definition) is 10. The fourth-order valence-electron chi connectivity index (χ4n) is 4.80. The number of nitriles is 1. The van der Waals surface area contributed by atoms with Gasteiger partial charge in [0.2, 0.25) is 0 Å². The Kier molecular flexibility index (Phi) is 7.16. The summed E-state index contributed by atoms with van der Waals surface area (Å²) in [5, 5.41) is 10.1. The van der Waals surface area contributed by atoms with Crippen LogP contribution in [0.2, 0.25) is 0 Å². The van der Waals surface area contributed by atoms with Gasteiger partial charge in [-0.25, -0.2) is 8.42 Å². The van der Waals surface area contributed by atoms with Crippen molar-refractivity contribution in [1.82, 2.24) is 14.9 Å². The molecular weight excluding hydrogens is 613 g/mol. The van der Waals surface area contributed by atoms with E-state index in [9.17, 15) is 18.5 Å². The van der Waals surface area contributed by atoms with Crippen LogP contribution >= 0.6 is 0 Å². The average Bonchev–Trinajstić information content (AvgIpc) is 3.26. The molecule has 0 N–H and O–H groups in total. The molecule has 37 heavy (non-hydrogen) atoms. The maximum absolute atomic E-state index is 12.5. The van der Waals surface area contributed by atoms with Crippen LogP contribution in [-0.2, 0) is 24.1 Å². The Hall–Kier alpha value is -2.70. The molecule has 2 saturated heterocycles. The third-order valence-corrected chi connectivity index (χ3v) is 10.1. The summed E-state index contributed by atoms with van der Waals surface area (Å²) < 4.78 is 41.6. The number of nitrogens with zero attached hydrogens (tertiary/aromatic N) is 5. The molecule has 1 aromatic heterocycles. The van der Waals surface area contributed by atoms with E-state index < -0.39 is 31.5 Å². The van der Waals surface area contributed by atoms with E-state index in [4.69, 9.17) is 12.5 Å². The number of anilines is 2. The summed E-state index contributed by atoms with van der Waals surface area (Å²) in [7, 11) is -3.32. The van der Waals surface area contributed by atoms with Crippen molar-refractivity contribution in [3.8, 4) is 11.9 Å². The van der Waals surface area contributed by atoms with Gasteiger partial charge in [0.25, 0.3) is 0 Å². The van der Waals surface area contributed by atoms with Gasteiger partial charge in [-0.05, 0) is 0 Å². The molecule has 3 aliphatic rings. The normalized spacial score (nSPS) is 23.2. The topological polar surface area (TPSA) is 135 Å². The number of benzene rings is 1. The Balaban J connectivity index is 1.40. The van der Waals surface area contributed by atoms with Gasteiger partial charge in [0.15, 0.2) is 0 Å². The van der Waals surface area contributed by atoms with Crippen LogP contribution in [0, 0.1) is 17.2 Å². The molecule has 3 unspecified atom stereocenters. The number of piperidine rings is 1. The molecular formula is C24H27IN5O6S-. The molecule has 198 valence electrons. The van der Waals surface area contributed by atoms with Crippen LogP contribution in [0.4, 0.5) is 16.3 Å². The summed E-state index contributed by atoms with van der Waals surface area (Å²) in [6, 6.07) is 7.22. The number of alkyl halides is 1. The van der Waals surface area contributed by atoms with Crippen molar-refractivity contribution in [2.75, 3.05) is 37.4 Å². The van der Waals surface area contributed by atoms with E-state index >= 15 is 0 Å². The summed E-state index contributed by atoms with van der Waals surface area (Å²) in [6.07, 6.45) is 2.43. The summed E-state index contributed by atoms with van der Waals surface area (Å²) in [5.74, 6) is 0.559. The second-order valence-corrected chi connectivity index (χ2v) is 14.3. The van der Waals surface area contributed by atoms with Crippen LogP contribution in [-0.4, -0.2) is 78.0 Å². The van der Waals surface area contributed by atoms with E-state index in [0.29, 0.717) is 38.5 Å². The maximum atomic E-state index is 12.5. The molecule has 2 fully saturated rings. The third-order valence-electron chi connectivity index (χ3n) is 6.50. The van der Waals surface area contributed by atoms with Gasteiger partial charge in [0.05, 0.1) is 0 Å². The number of rotatable bonds is 5. The van der Waals surface area contributed by atoms with Crippen molar-refractivity contribution < 1.29 is 47.4 Å². The van der Waals surface area contributed by atoms with E-state index in [1.165, 1.54) is 12.6 Å². The quantitative estimate of drug-likeness (QED) is 0.298. The van der Waals surface area contributed by atoms with Gasteiger partial charge in [0.1, 0.15) is 0 Å². The first-order valence-electron chi connectivity index (χ1n) is 11.9. The number of ether oxygens (including phenoxy) is 2. The molecule has 4 heterocycles. The number of aromatic nitrogens is 2. The molecule has 2 bridgehead atoms. The molecule has 0 radical (unpaired) electrons. The number of carbonyl (C=O) groups excluding carboxylic acids is 1. The monoisotopic (exact) mass is 640 g/mol. The van der Waals surface area contributed by atoms with Crippen molar-refractivity contribution in [2.45, 2.75) is 41.3 Å². The zero-order chi connectivity index (χ0) is 26.3. The molecule has 1 aromatic carbocycles. The van der Waals surface area contributed by atoms with Gasteiger partial charge >= 0.3 is 212 Å². The van der Waals surface area contributed by atoms with Crippen LogP contribution in [0.1, 0.15) is 25.0 Å². The van der Waals surface area contributed by atoms with Crippen molar-refractivity contribution >= 4 is 27.4 Å². The van der Waals surface area contributed by atoms with Crippen LogP contribution in [0.3, 0.4) is 0 Å². The van der Waals surface area contributed by atoms with Gasteiger partial charge in [-0.3, -0.25) is 0 Å². The number of halogens is 1. The average molecular weight is 640 g/mol. The number of fused-ring (bicyclic) bond motifs is 3. The molecule has 1 amide bonds. The minimum absolute atomic E-state index is 0.0119. The van der Waals surface area contributed by atoms with E-state index in [1.807, 2.05) is 18.7 Å². The summed E-state index contributed by atoms with van der Waals surface area (Å²) in [5.41, 5.74) is 1.91. The minimum atomic E-state index is -3.32. The molecule has 3 atom stereocenters. The predicted octanol–water partition coefficient (Wildman–Crippen LogP) is -0.927. The second-order valence-electron chi connectivity index (χ2n) is 9.51. The second kappa shape index (κ2) is 10.2. The van der Waals surface area contributed by atoms with E-state index in [0.717, 1.165) is 11.3 Å². The number of sulfone groups is 1. The summed E-state index contributed by atoms with van der Waals surface area (Å²) in [6.45, 7) is 5.59. The van der Waals surface area contributed by atoms with E-state index in [-0.39, 0.29) is 44.5 Å². The summed E-state index contributed by atoms with van der Waals surface area (Å²) in [4.78, 5) is 25.1. The standard InChI is InChI=1S/C24H27IN5O6S/c1-14(2)35-24(31)29-10-16-12-34-25-19(11-29)21(16)36-23-18(9-26)22(27-13-28-23)30-7-6-15-8-17(37(3,32)33)4-5-20(15)30/h4-5,8,13-14,16,19,21H,6-7,10-12H2,1-3H3/q-1. The van der Waals surface area contributed by atoms with Crippen molar-refractivity contribution in [3.05, 3.63) is 35.7 Å². The van der Waals surface area contributed by atoms with Gasteiger partial charge in [0, 0.05) is 6.26 Å². The first-order chi connectivity index (χ1) is 17.7. The Morgan fingerprint density at radius 1 is 1.30 bits per heavy atom. The molecule has 5 rings (SSSR count). The van der Waals surface area contributed by atoms with Gasteiger partial charge < -0.3 is 0 Å². The van der Waals surface area contributed by atoms with Crippen LogP contribution in [0.25, 0.3) is 0 Å². The Labute approximate surface area is 226 Å². The molecule has 11 nitrogen and oxygen atoms in total.